The third kappa shape index (κ3) is 1.40. The number of halogens is 1. The lowest BCUT2D eigenvalue weighted by Crippen LogP contribution is -1.89. The highest BCUT2D eigenvalue weighted by molar-refractivity contribution is 6.67. The molecule has 2 aromatic rings. The third-order valence-corrected chi connectivity index (χ3v) is 2.24. The zero-order valence-corrected chi connectivity index (χ0v) is 8.55. The number of carbonyl (C=O) groups is 1. The normalized spacial score (nSPS) is 10.8. The number of carbonyl (C=O) groups excluding carboxylic acids is 1. The highest BCUT2D eigenvalue weighted by Gasteiger charge is 2.10. The SMILES string of the molecule is Cc1nc2c(C)cc(C(=O)Cl)cc2o1. The second-order valence-corrected chi connectivity index (χ2v) is 3.49. The van der Waals surface area contributed by atoms with Crippen LogP contribution in [0.5, 0.6) is 0 Å². The van der Waals surface area contributed by atoms with E-state index in [4.69, 9.17) is 16.0 Å². The third-order valence-electron chi connectivity index (χ3n) is 2.02. The van der Waals surface area contributed by atoms with E-state index in [9.17, 15) is 4.79 Å². The summed E-state index contributed by atoms with van der Waals surface area (Å²) >= 11 is 5.38. The maximum absolute atomic E-state index is 11.0. The lowest BCUT2D eigenvalue weighted by atomic mass is 10.1. The number of oxazole rings is 1. The van der Waals surface area contributed by atoms with Crippen LogP contribution in [-0.4, -0.2) is 10.2 Å². The van der Waals surface area contributed by atoms with E-state index in [1.54, 1.807) is 19.1 Å². The van der Waals surface area contributed by atoms with Crippen LogP contribution in [0.25, 0.3) is 11.1 Å². The van der Waals surface area contributed by atoms with Crippen molar-refractivity contribution in [2.24, 2.45) is 0 Å². The molecule has 1 aromatic heterocycles. The Kier molecular flexibility index (Phi) is 2.04. The topological polar surface area (TPSA) is 43.1 Å². The van der Waals surface area contributed by atoms with Gasteiger partial charge in [0.2, 0.25) is 0 Å². The maximum atomic E-state index is 11.0. The van der Waals surface area contributed by atoms with Crippen LogP contribution in [0, 0.1) is 13.8 Å². The molecule has 0 unspecified atom stereocenters. The number of hydrogen-bond acceptors (Lipinski definition) is 3. The van der Waals surface area contributed by atoms with Crippen LogP contribution in [0.1, 0.15) is 21.8 Å². The Morgan fingerprint density at radius 2 is 2.14 bits per heavy atom. The average Bonchev–Trinajstić information content (AvgIpc) is 2.45. The van der Waals surface area contributed by atoms with E-state index in [1.165, 1.54) is 0 Å². The molecule has 0 saturated carbocycles. The van der Waals surface area contributed by atoms with Crippen molar-refractivity contribution in [2.75, 3.05) is 0 Å². The van der Waals surface area contributed by atoms with Gasteiger partial charge in [0.25, 0.3) is 5.24 Å². The summed E-state index contributed by atoms with van der Waals surface area (Å²) < 4.78 is 5.32. The summed E-state index contributed by atoms with van der Waals surface area (Å²) in [6, 6.07) is 3.32. The van der Waals surface area contributed by atoms with Gasteiger partial charge in [-0.25, -0.2) is 4.98 Å². The molecule has 14 heavy (non-hydrogen) atoms. The number of hydrogen-bond donors (Lipinski definition) is 0. The van der Waals surface area contributed by atoms with Crippen molar-refractivity contribution < 1.29 is 9.21 Å². The predicted molar refractivity (Wildman–Crippen MR) is 53.7 cm³/mol. The minimum atomic E-state index is -0.482. The monoisotopic (exact) mass is 209 g/mol. The minimum absolute atomic E-state index is 0.438. The molecular weight excluding hydrogens is 202 g/mol. The van der Waals surface area contributed by atoms with Crippen LogP contribution >= 0.6 is 11.6 Å². The van der Waals surface area contributed by atoms with E-state index in [-0.39, 0.29) is 0 Å². The van der Waals surface area contributed by atoms with Crippen molar-refractivity contribution >= 4 is 27.9 Å². The summed E-state index contributed by atoms with van der Waals surface area (Å²) in [6.07, 6.45) is 0. The van der Waals surface area contributed by atoms with Gasteiger partial charge in [0.1, 0.15) is 5.52 Å². The number of fused-ring (bicyclic) bond motifs is 1. The number of nitrogens with zero attached hydrogens (tertiary/aromatic N) is 1. The molecule has 0 saturated heterocycles. The zero-order chi connectivity index (χ0) is 10.3. The first kappa shape index (κ1) is 9.21. The summed E-state index contributed by atoms with van der Waals surface area (Å²) in [5.41, 5.74) is 2.71. The quantitative estimate of drug-likeness (QED) is 0.679. The van der Waals surface area contributed by atoms with Gasteiger partial charge >= 0.3 is 0 Å². The largest absolute Gasteiger partial charge is 0.441 e. The maximum Gasteiger partial charge on any atom is 0.252 e. The highest BCUT2D eigenvalue weighted by atomic mass is 35.5. The first-order valence-electron chi connectivity index (χ1n) is 4.15. The Hall–Kier alpha value is -1.35. The Balaban J connectivity index is 2.77. The molecule has 72 valence electrons. The van der Waals surface area contributed by atoms with Gasteiger partial charge in [-0.2, -0.15) is 0 Å². The van der Waals surface area contributed by atoms with Crippen LogP contribution in [0.15, 0.2) is 16.5 Å². The molecule has 0 radical (unpaired) electrons. The average molecular weight is 210 g/mol. The fourth-order valence-corrected chi connectivity index (χ4v) is 1.53. The summed E-state index contributed by atoms with van der Waals surface area (Å²) in [5, 5.41) is -0.482. The van der Waals surface area contributed by atoms with Gasteiger partial charge < -0.3 is 4.42 Å². The minimum Gasteiger partial charge on any atom is -0.441 e. The Labute approximate surface area is 85.7 Å². The molecule has 0 atom stereocenters. The molecule has 0 aliphatic heterocycles. The van der Waals surface area contributed by atoms with E-state index in [1.807, 2.05) is 6.92 Å². The van der Waals surface area contributed by atoms with Gasteiger partial charge in [0.15, 0.2) is 11.5 Å². The molecule has 1 heterocycles. The molecule has 2 rings (SSSR count). The van der Waals surface area contributed by atoms with E-state index >= 15 is 0 Å². The van der Waals surface area contributed by atoms with Gasteiger partial charge in [0.05, 0.1) is 0 Å². The van der Waals surface area contributed by atoms with Crippen molar-refractivity contribution in [3.8, 4) is 0 Å². The lowest BCUT2D eigenvalue weighted by molar-refractivity contribution is 0.108. The number of benzene rings is 1. The first-order chi connectivity index (χ1) is 6.58. The van der Waals surface area contributed by atoms with Crippen molar-refractivity contribution in [1.82, 2.24) is 4.98 Å². The van der Waals surface area contributed by atoms with Gasteiger partial charge in [-0.1, -0.05) is 0 Å². The molecule has 0 spiro atoms. The molecule has 4 heteroatoms. The summed E-state index contributed by atoms with van der Waals surface area (Å²) in [7, 11) is 0. The highest BCUT2D eigenvalue weighted by Crippen LogP contribution is 2.21. The molecule has 0 fully saturated rings. The molecule has 3 nitrogen and oxygen atoms in total. The van der Waals surface area contributed by atoms with Crippen molar-refractivity contribution in [1.29, 1.82) is 0 Å². The van der Waals surface area contributed by atoms with E-state index < -0.39 is 5.24 Å². The van der Waals surface area contributed by atoms with Gasteiger partial charge in [-0.3, -0.25) is 4.79 Å². The van der Waals surface area contributed by atoms with Gasteiger partial charge in [-0.15, -0.1) is 0 Å². The van der Waals surface area contributed by atoms with Gasteiger partial charge in [0, 0.05) is 12.5 Å². The van der Waals surface area contributed by atoms with E-state index in [0.717, 1.165) is 11.1 Å². The van der Waals surface area contributed by atoms with Crippen LogP contribution in [0.2, 0.25) is 0 Å². The fraction of sp³-hybridized carbons (Fsp3) is 0.200. The molecule has 0 N–H and O–H groups in total. The van der Waals surface area contributed by atoms with Crippen LogP contribution in [-0.2, 0) is 0 Å². The van der Waals surface area contributed by atoms with Crippen LogP contribution < -0.4 is 0 Å². The molecule has 0 aliphatic rings. The zero-order valence-electron chi connectivity index (χ0n) is 7.80. The predicted octanol–water partition coefficient (Wildman–Crippen LogP) is 2.82. The number of aryl methyl sites for hydroxylation is 2. The number of rotatable bonds is 1. The standard InChI is InChI=1S/C10H8ClNO2/c1-5-3-7(10(11)13)4-8-9(5)12-6(2)14-8/h3-4H,1-2H3. The Morgan fingerprint density at radius 3 is 2.79 bits per heavy atom. The second kappa shape index (κ2) is 3.10. The number of aromatic nitrogens is 1. The molecule has 0 bridgehead atoms. The lowest BCUT2D eigenvalue weighted by Gasteiger charge is -1.96. The molecular formula is C10H8ClNO2. The van der Waals surface area contributed by atoms with Gasteiger partial charge in [-0.05, 0) is 36.2 Å². The summed E-state index contributed by atoms with van der Waals surface area (Å²) in [5.74, 6) is 0.585. The van der Waals surface area contributed by atoms with E-state index in [2.05, 4.69) is 4.98 Å². The second-order valence-electron chi connectivity index (χ2n) is 3.15. The molecule has 0 aliphatic carbocycles. The summed E-state index contributed by atoms with van der Waals surface area (Å²) in [6.45, 7) is 3.63. The summed E-state index contributed by atoms with van der Waals surface area (Å²) in [4.78, 5) is 15.1. The van der Waals surface area contributed by atoms with Crippen LogP contribution in [0.4, 0.5) is 0 Å². The van der Waals surface area contributed by atoms with Crippen molar-refractivity contribution in [3.05, 3.63) is 29.2 Å². The van der Waals surface area contributed by atoms with E-state index in [0.29, 0.717) is 17.0 Å². The van der Waals surface area contributed by atoms with Crippen molar-refractivity contribution in [3.63, 3.8) is 0 Å². The smallest absolute Gasteiger partial charge is 0.252 e. The first-order valence-corrected chi connectivity index (χ1v) is 4.53. The Morgan fingerprint density at radius 1 is 1.43 bits per heavy atom. The Bertz CT molecular complexity index is 516. The fourth-order valence-electron chi connectivity index (χ4n) is 1.42. The molecule has 0 amide bonds. The van der Waals surface area contributed by atoms with Crippen molar-refractivity contribution in [2.45, 2.75) is 13.8 Å². The van der Waals surface area contributed by atoms with Crippen LogP contribution in [0.3, 0.4) is 0 Å². The molecule has 1 aromatic carbocycles.